The van der Waals surface area contributed by atoms with Gasteiger partial charge in [-0.3, -0.25) is 14.4 Å². The fraction of sp³-hybridized carbons (Fsp3) is 0.375. The lowest BCUT2D eigenvalue weighted by atomic mass is 10.0. The zero-order chi connectivity index (χ0) is 25.8. The van der Waals surface area contributed by atoms with Gasteiger partial charge in [-0.25, -0.2) is 0 Å². The van der Waals surface area contributed by atoms with E-state index in [-0.39, 0.29) is 30.4 Å². The fourth-order valence-electron chi connectivity index (χ4n) is 3.39. The summed E-state index contributed by atoms with van der Waals surface area (Å²) >= 11 is 12.0. The lowest BCUT2D eigenvalue weighted by molar-refractivity contribution is -0.134. The van der Waals surface area contributed by atoms with Crippen LogP contribution in [0.3, 0.4) is 0 Å². The highest BCUT2D eigenvalue weighted by Crippen LogP contribution is 2.25. The van der Waals surface area contributed by atoms with E-state index >= 15 is 0 Å². The Hall–Kier alpha value is -2.69. The largest absolute Gasteiger partial charge is 0.343 e. The number of benzene rings is 2. The van der Waals surface area contributed by atoms with Crippen molar-refractivity contribution in [1.29, 1.82) is 0 Å². The molecule has 35 heavy (non-hydrogen) atoms. The molecule has 0 aromatic heterocycles. The third-order valence-electron chi connectivity index (χ3n) is 5.27. The molecule has 2 aromatic carbocycles. The Morgan fingerprint density at radius 3 is 2.17 bits per heavy atom. The molecule has 2 rings (SSSR count). The molecule has 0 saturated heterocycles. The molecule has 11 heteroatoms. The summed E-state index contributed by atoms with van der Waals surface area (Å²) in [4.78, 5) is 39.9. The Kier molecular flexibility index (Phi) is 11.9. The fourth-order valence-corrected chi connectivity index (χ4v) is 3.69. The van der Waals surface area contributed by atoms with Crippen LogP contribution in [0.4, 0.5) is 5.69 Å². The van der Waals surface area contributed by atoms with E-state index < -0.39 is 23.9 Å². The minimum absolute atomic E-state index is 0.231. The maximum absolute atomic E-state index is 13.0. The van der Waals surface area contributed by atoms with E-state index in [9.17, 15) is 14.4 Å². The van der Waals surface area contributed by atoms with Crippen LogP contribution in [-0.4, -0.2) is 60.9 Å². The van der Waals surface area contributed by atoms with E-state index in [0.717, 1.165) is 5.56 Å². The quantitative estimate of drug-likeness (QED) is 0.268. The van der Waals surface area contributed by atoms with Crippen molar-refractivity contribution in [2.24, 2.45) is 17.2 Å². The van der Waals surface area contributed by atoms with Gasteiger partial charge in [-0.1, -0.05) is 53.5 Å². The molecular weight excluding hydrogens is 491 g/mol. The molecule has 0 bridgehead atoms. The monoisotopic (exact) mass is 522 g/mol. The molecule has 0 spiro atoms. The smallest absolute Gasteiger partial charge is 0.246 e. The molecule has 0 aliphatic carbocycles. The number of amides is 3. The Morgan fingerprint density at radius 1 is 0.914 bits per heavy atom. The first-order valence-corrected chi connectivity index (χ1v) is 12.0. The van der Waals surface area contributed by atoms with Crippen molar-refractivity contribution in [2.75, 3.05) is 31.5 Å². The second kappa shape index (κ2) is 14.7. The number of halogens is 2. The average Bonchev–Trinajstić information content (AvgIpc) is 2.84. The topological polar surface area (TPSA) is 157 Å². The van der Waals surface area contributed by atoms with Gasteiger partial charge in [0.15, 0.2) is 0 Å². The van der Waals surface area contributed by atoms with Crippen molar-refractivity contribution < 1.29 is 14.4 Å². The lowest BCUT2D eigenvalue weighted by Gasteiger charge is -2.24. The van der Waals surface area contributed by atoms with E-state index in [1.165, 1.54) is 11.0 Å². The maximum Gasteiger partial charge on any atom is 0.246 e. The second-order valence-electron chi connectivity index (χ2n) is 7.97. The summed E-state index contributed by atoms with van der Waals surface area (Å²) in [6, 6.07) is 12.2. The maximum atomic E-state index is 13.0. The first-order valence-electron chi connectivity index (χ1n) is 11.3. The van der Waals surface area contributed by atoms with Gasteiger partial charge in [-0.05, 0) is 36.6 Å². The van der Waals surface area contributed by atoms with Gasteiger partial charge in [-0.2, -0.15) is 0 Å². The van der Waals surface area contributed by atoms with E-state index in [1.54, 1.807) is 12.1 Å². The Bertz CT molecular complexity index is 986. The minimum Gasteiger partial charge on any atom is -0.343 e. The Balaban J connectivity index is 2.09. The molecule has 9 nitrogen and oxygen atoms in total. The number of anilines is 1. The van der Waals surface area contributed by atoms with Crippen molar-refractivity contribution in [3.63, 3.8) is 0 Å². The molecule has 0 saturated carbocycles. The Morgan fingerprint density at radius 2 is 1.57 bits per heavy atom. The number of aryl methyl sites for hydroxylation is 1. The first kappa shape index (κ1) is 28.5. The molecule has 0 aliphatic rings. The number of hydrogen-bond donors (Lipinski definition) is 5. The Labute approximate surface area is 215 Å². The molecule has 190 valence electrons. The van der Waals surface area contributed by atoms with E-state index in [0.29, 0.717) is 36.6 Å². The number of nitrogens with zero attached hydrogens (tertiary/aromatic N) is 1. The molecule has 2 atom stereocenters. The van der Waals surface area contributed by atoms with Crippen LogP contribution in [0.15, 0.2) is 48.5 Å². The van der Waals surface area contributed by atoms with Crippen molar-refractivity contribution in [3.05, 3.63) is 64.1 Å². The van der Waals surface area contributed by atoms with Crippen LogP contribution in [0.2, 0.25) is 10.0 Å². The summed E-state index contributed by atoms with van der Waals surface area (Å²) in [7, 11) is 0. The molecule has 2 aromatic rings. The molecule has 0 radical (unpaired) electrons. The van der Waals surface area contributed by atoms with Crippen LogP contribution in [-0.2, 0) is 20.8 Å². The number of nitrogens with one attached hydrogen (secondary N) is 2. The molecule has 0 aliphatic heterocycles. The van der Waals surface area contributed by atoms with Gasteiger partial charge in [-0.15, -0.1) is 0 Å². The van der Waals surface area contributed by atoms with Crippen LogP contribution in [0.5, 0.6) is 0 Å². The molecule has 8 N–H and O–H groups in total. The van der Waals surface area contributed by atoms with Gasteiger partial charge in [0, 0.05) is 31.9 Å². The first-order chi connectivity index (χ1) is 16.7. The predicted octanol–water partition coefficient (Wildman–Crippen LogP) is 1.51. The van der Waals surface area contributed by atoms with Crippen LogP contribution in [0.1, 0.15) is 18.4 Å². The van der Waals surface area contributed by atoms with Gasteiger partial charge < -0.3 is 32.7 Å². The standard InChI is InChI=1S/C24H32Cl2N6O3/c25-18-8-7-17(14-19(18)26)30-24(35)21(9-6-16-4-2-1-3-5-16)31-23(34)20(29)15-22(33)32(12-10-27)13-11-28/h1-5,7-8,14,20-21H,6,9-13,15,27-29H2,(H,30,35)(H,31,34). The van der Waals surface area contributed by atoms with Crippen LogP contribution in [0, 0.1) is 0 Å². The van der Waals surface area contributed by atoms with E-state index in [1.807, 2.05) is 30.3 Å². The predicted molar refractivity (Wildman–Crippen MR) is 139 cm³/mol. The lowest BCUT2D eigenvalue weighted by Crippen LogP contribution is -2.52. The van der Waals surface area contributed by atoms with Crippen LogP contribution in [0.25, 0.3) is 0 Å². The van der Waals surface area contributed by atoms with E-state index in [4.69, 9.17) is 40.4 Å². The van der Waals surface area contributed by atoms with Gasteiger partial charge in [0.2, 0.25) is 17.7 Å². The number of rotatable bonds is 13. The van der Waals surface area contributed by atoms with Crippen LogP contribution >= 0.6 is 23.2 Å². The zero-order valence-electron chi connectivity index (χ0n) is 19.4. The summed E-state index contributed by atoms with van der Waals surface area (Å²) < 4.78 is 0. The third-order valence-corrected chi connectivity index (χ3v) is 6.01. The summed E-state index contributed by atoms with van der Waals surface area (Å²) in [6.07, 6.45) is 0.622. The van der Waals surface area contributed by atoms with Gasteiger partial charge in [0.1, 0.15) is 6.04 Å². The molecule has 2 unspecified atom stereocenters. The zero-order valence-corrected chi connectivity index (χ0v) is 20.9. The van der Waals surface area contributed by atoms with Crippen molar-refractivity contribution in [2.45, 2.75) is 31.3 Å². The highest BCUT2D eigenvalue weighted by atomic mass is 35.5. The van der Waals surface area contributed by atoms with Gasteiger partial charge in [0.05, 0.1) is 22.5 Å². The van der Waals surface area contributed by atoms with Crippen molar-refractivity contribution >= 4 is 46.6 Å². The highest BCUT2D eigenvalue weighted by molar-refractivity contribution is 6.42. The summed E-state index contributed by atoms with van der Waals surface area (Å²) in [6.45, 7) is 1.17. The van der Waals surface area contributed by atoms with Crippen molar-refractivity contribution in [3.8, 4) is 0 Å². The number of hydrogen-bond acceptors (Lipinski definition) is 6. The SMILES string of the molecule is NCCN(CCN)C(=O)CC(N)C(=O)NC(CCc1ccccc1)C(=O)Nc1ccc(Cl)c(Cl)c1. The van der Waals surface area contributed by atoms with Crippen molar-refractivity contribution in [1.82, 2.24) is 10.2 Å². The molecule has 0 fully saturated rings. The number of nitrogens with two attached hydrogens (primary N) is 3. The normalized spacial score (nSPS) is 12.5. The van der Waals surface area contributed by atoms with Crippen LogP contribution < -0.4 is 27.8 Å². The summed E-state index contributed by atoms with van der Waals surface area (Å²) in [5.41, 5.74) is 18.5. The van der Waals surface area contributed by atoms with Gasteiger partial charge in [0.25, 0.3) is 0 Å². The second-order valence-corrected chi connectivity index (χ2v) is 8.79. The highest BCUT2D eigenvalue weighted by Gasteiger charge is 2.26. The number of carbonyl (C=O) groups is 3. The average molecular weight is 523 g/mol. The molecule has 3 amide bonds. The third kappa shape index (κ3) is 9.46. The number of carbonyl (C=O) groups excluding carboxylic acids is 3. The van der Waals surface area contributed by atoms with E-state index in [2.05, 4.69) is 10.6 Å². The molecule has 0 heterocycles. The minimum atomic E-state index is -1.14. The summed E-state index contributed by atoms with van der Waals surface area (Å²) in [5.74, 6) is -1.38. The van der Waals surface area contributed by atoms with Gasteiger partial charge >= 0.3 is 0 Å². The molecular formula is C24H32Cl2N6O3. The summed E-state index contributed by atoms with van der Waals surface area (Å²) in [5, 5.41) is 6.07.